The third kappa shape index (κ3) is 2.60. The number of anilines is 1. The van der Waals surface area contributed by atoms with Crippen molar-refractivity contribution in [2.24, 2.45) is 0 Å². The van der Waals surface area contributed by atoms with E-state index in [1.165, 1.54) is 12.5 Å². The molecule has 1 N–H and O–H groups in total. The van der Waals surface area contributed by atoms with Crippen LogP contribution in [0.15, 0.2) is 12.3 Å². The summed E-state index contributed by atoms with van der Waals surface area (Å²) >= 11 is 0. The largest absolute Gasteiger partial charge is 0.372 e. The van der Waals surface area contributed by atoms with Crippen molar-refractivity contribution < 1.29 is 9.18 Å². The van der Waals surface area contributed by atoms with E-state index in [2.05, 4.69) is 22.2 Å². The van der Waals surface area contributed by atoms with Crippen LogP contribution in [0.25, 0.3) is 0 Å². The van der Waals surface area contributed by atoms with Gasteiger partial charge in [0.25, 0.3) is 5.91 Å². The molecule has 0 aliphatic carbocycles. The third-order valence-electron chi connectivity index (χ3n) is 4.76. The number of aromatic nitrogens is 1. The Morgan fingerprint density at radius 2 is 2.14 bits per heavy atom. The van der Waals surface area contributed by atoms with Gasteiger partial charge < -0.3 is 10.2 Å². The fourth-order valence-electron chi connectivity index (χ4n) is 3.47. The molecule has 6 heteroatoms. The lowest BCUT2D eigenvalue weighted by molar-refractivity contribution is 0.0740. The zero-order valence-electron chi connectivity index (χ0n) is 12.5. The monoisotopic (exact) mass is 292 g/mol. The smallest absolute Gasteiger partial charge is 0.257 e. The number of hydrogen-bond acceptors (Lipinski definition) is 4. The SMILES string of the molecule is CNc1ncc(F)cc1C(=O)N1CCC2CCC(C1)N2C. The van der Waals surface area contributed by atoms with Crippen LogP contribution in [0.1, 0.15) is 29.6 Å². The number of carbonyl (C=O) groups excluding carboxylic acids is 1. The minimum Gasteiger partial charge on any atom is -0.372 e. The van der Waals surface area contributed by atoms with Crippen molar-refractivity contribution in [3.8, 4) is 0 Å². The van der Waals surface area contributed by atoms with Gasteiger partial charge in [0.2, 0.25) is 0 Å². The number of amides is 1. The number of nitrogens with zero attached hydrogens (tertiary/aromatic N) is 3. The van der Waals surface area contributed by atoms with E-state index >= 15 is 0 Å². The highest BCUT2D eigenvalue weighted by Crippen LogP contribution is 2.29. The molecule has 114 valence electrons. The molecule has 0 aromatic carbocycles. The fourth-order valence-corrected chi connectivity index (χ4v) is 3.47. The van der Waals surface area contributed by atoms with Gasteiger partial charge in [-0.3, -0.25) is 9.69 Å². The van der Waals surface area contributed by atoms with E-state index in [9.17, 15) is 9.18 Å². The summed E-state index contributed by atoms with van der Waals surface area (Å²) in [5.41, 5.74) is 0.318. The number of pyridine rings is 1. The van der Waals surface area contributed by atoms with E-state index in [1.54, 1.807) is 7.05 Å². The zero-order valence-corrected chi connectivity index (χ0v) is 12.5. The Bertz CT molecular complexity index is 550. The van der Waals surface area contributed by atoms with Gasteiger partial charge in [-0.15, -0.1) is 0 Å². The zero-order chi connectivity index (χ0) is 15.0. The van der Waals surface area contributed by atoms with E-state index < -0.39 is 5.82 Å². The van der Waals surface area contributed by atoms with E-state index in [4.69, 9.17) is 0 Å². The summed E-state index contributed by atoms with van der Waals surface area (Å²) in [6.07, 6.45) is 4.45. The number of nitrogens with one attached hydrogen (secondary N) is 1. The Balaban J connectivity index is 1.84. The highest BCUT2D eigenvalue weighted by Gasteiger charge is 2.36. The molecule has 2 bridgehead atoms. The van der Waals surface area contributed by atoms with Crippen LogP contribution in [-0.4, -0.2) is 60.0 Å². The van der Waals surface area contributed by atoms with Gasteiger partial charge in [0.05, 0.1) is 11.8 Å². The van der Waals surface area contributed by atoms with Crippen LogP contribution in [0.3, 0.4) is 0 Å². The minimum absolute atomic E-state index is 0.132. The number of likely N-dealkylation sites (tertiary alicyclic amines) is 1. The average Bonchev–Trinajstić information content (AvgIpc) is 2.71. The molecule has 1 aromatic rings. The molecule has 2 aliphatic heterocycles. The van der Waals surface area contributed by atoms with Crippen LogP contribution in [0.5, 0.6) is 0 Å². The number of hydrogen-bond donors (Lipinski definition) is 1. The second-order valence-corrected chi connectivity index (χ2v) is 5.89. The molecule has 5 nitrogen and oxygen atoms in total. The molecular formula is C15H21FN4O. The third-order valence-corrected chi connectivity index (χ3v) is 4.76. The van der Waals surface area contributed by atoms with Crippen LogP contribution in [0, 0.1) is 5.82 Å². The van der Waals surface area contributed by atoms with E-state index in [1.807, 2.05) is 4.90 Å². The van der Waals surface area contributed by atoms with Crippen molar-refractivity contribution in [1.82, 2.24) is 14.8 Å². The van der Waals surface area contributed by atoms with Crippen LogP contribution in [-0.2, 0) is 0 Å². The van der Waals surface area contributed by atoms with E-state index in [0.29, 0.717) is 30.0 Å². The Hall–Kier alpha value is -1.69. The van der Waals surface area contributed by atoms with Crippen LogP contribution >= 0.6 is 0 Å². The average molecular weight is 292 g/mol. The normalized spacial score (nSPS) is 25.8. The molecule has 3 heterocycles. The van der Waals surface area contributed by atoms with E-state index in [0.717, 1.165) is 25.6 Å². The Morgan fingerprint density at radius 3 is 2.90 bits per heavy atom. The summed E-state index contributed by atoms with van der Waals surface area (Å²) in [4.78, 5) is 20.9. The quantitative estimate of drug-likeness (QED) is 0.899. The predicted octanol–water partition coefficient (Wildman–Crippen LogP) is 1.57. The van der Waals surface area contributed by atoms with Gasteiger partial charge in [-0.25, -0.2) is 9.37 Å². The summed E-state index contributed by atoms with van der Waals surface area (Å²) in [6.45, 7) is 1.44. The standard InChI is InChI=1S/C15H21FN4O/c1-17-14-13(7-10(16)8-18-14)15(21)20-6-5-11-3-4-12(9-20)19(11)2/h7-8,11-12H,3-6,9H2,1-2H3,(H,17,18). The topological polar surface area (TPSA) is 48.5 Å². The molecule has 0 saturated carbocycles. The van der Waals surface area contributed by atoms with Crippen molar-refractivity contribution in [2.45, 2.75) is 31.3 Å². The first-order chi connectivity index (χ1) is 10.1. The van der Waals surface area contributed by atoms with Gasteiger partial charge in [-0.05, 0) is 32.4 Å². The van der Waals surface area contributed by atoms with Crippen molar-refractivity contribution in [3.05, 3.63) is 23.6 Å². The molecule has 1 amide bonds. The lowest BCUT2D eigenvalue weighted by atomic mass is 10.1. The Labute approximate surface area is 124 Å². The Kier molecular flexibility index (Phi) is 3.80. The molecule has 2 atom stereocenters. The fraction of sp³-hybridized carbons (Fsp3) is 0.600. The minimum atomic E-state index is -0.481. The first-order valence-corrected chi connectivity index (χ1v) is 7.44. The summed E-state index contributed by atoms with van der Waals surface area (Å²) in [5.74, 6) is -0.178. The molecule has 0 radical (unpaired) electrons. The van der Waals surface area contributed by atoms with Gasteiger partial charge in [0.1, 0.15) is 11.6 Å². The molecule has 2 saturated heterocycles. The van der Waals surface area contributed by atoms with Crippen molar-refractivity contribution in [2.75, 3.05) is 32.5 Å². The number of rotatable bonds is 2. The lowest BCUT2D eigenvalue weighted by Gasteiger charge is -2.26. The van der Waals surface area contributed by atoms with Crippen molar-refractivity contribution >= 4 is 11.7 Å². The lowest BCUT2D eigenvalue weighted by Crippen LogP contribution is -2.40. The summed E-state index contributed by atoms with van der Waals surface area (Å²) in [6, 6.07) is 2.26. The van der Waals surface area contributed by atoms with Gasteiger partial charge in [-0.1, -0.05) is 0 Å². The second kappa shape index (κ2) is 5.60. The van der Waals surface area contributed by atoms with Crippen LogP contribution < -0.4 is 5.32 Å². The second-order valence-electron chi connectivity index (χ2n) is 5.89. The van der Waals surface area contributed by atoms with Gasteiger partial charge >= 0.3 is 0 Å². The van der Waals surface area contributed by atoms with E-state index in [-0.39, 0.29) is 5.91 Å². The van der Waals surface area contributed by atoms with Gasteiger partial charge in [0, 0.05) is 32.2 Å². The maximum Gasteiger partial charge on any atom is 0.257 e. The number of carbonyl (C=O) groups is 1. The number of likely N-dealkylation sites (N-methyl/N-ethyl adjacent to an activating group) is 1. The van der Waals surface area contributed by atoms with Crippen LogP contribution in [0.4, 0.5) is 10.2 Å². The highest BCUT2D eigenvalue weighted by atomic mass is 19.1. The highest BCUT2D eigenvalue weighted by molar-refractivity contribution is 5.98. The molecule has 0 spiro atoms. The molecule has 21 heavy (non-hydrogen) atoms. The predicted molar refractivity (Wildman–Crippen MR) is 78.8 cm³/mol. The van der Waals surface area contributed by atoms with Crippen LogP contribution in [0.2, 0.25) is 0 Å². The summed E-state index contributed by atoms with van der Waals surface area (Å²) in [7, 11) is 3.83. The maximum absolute atomic E-state index is 13.4. The summed E-state index contributed by atoms with van der Waals surface area (Å²) in [5, 5.41) is 2.87. The maximum atomic E-state index is 13.4. The molecule has 2 fully saturated rings. The van der Waals surface area contributed by atoms with Gasteiger partial charge in [-0.2, -0.15) is 0 Å². The summed E-state index contributed by atoms with van der Waals surface area (Å²) < 4.78 is 13.4. The molecule has 2 unspecified atom stereocenters. The number of fused-ring (bicyclic) bond motifs is 2. The molecule has 1 aromatic heterocycles. The molecule has 2 aliphatic rings. The first-order valence-electron chi connectivity index (χ1n) is 7.44. The molecular weight excluding hydrogens is 271 g/mol. The van der Waals surface area contributed by atoms with Crippen molar-refractivity contribution in [1.29, 1.82) is 0 Å². The first kappa shape index (κ1) is 14.3. The molecule has 3 rings (SSSR count). The Morgan fingerprint density at radius 1 is 1.38 bits per heavy atom. The van der Waals surface area contributed by atoms with Gasteiger partial charge in [0.15, 0.2) is 0 Å². The van der Waals surface area contributed by atoms with Crippen molar-refractivity contribution in [3.63, 3.8) is 0 Å². The number of halogens is 1.